The molecular formula is C15H22N2O2S. The fraction of sp³-hybridized carbons (Fsp3) is 0.467. The van der Waals surface area contributed by atoms with Crippen LogP contribution in [0.4, 0.5) is 0 Å². The quantitative estimate of drug-likeness (QED) is 0.921. The Balaban J connectivity index is 2.58. The number of nitrogens with zero attached hydrogens (tertiary/aromatic N) is 1. The fourth-order valence-electron chi connectivity index (χ4n) is 2.31. The van der Waals surface area contributed by atoms with Crippen LogP contribution in [0.5, 0.6) is 0 Å². The first-order valence-electron chi connectivity index (χ1n) is 6.91. The number of hydrogen-bond donors (Lipinski definition) is 1. The molecule has 0 aliphatic rings. The molecule has 0 atom stereocenters. The van der Waals surface area contributed by atoms with Crippen LogP contribution in [0.2, 0.25) is 0 Å². The Morgan fingerprint density at radius 3 is 2.55 bits per heavy atom. The van der Waals surface area contributed by atoms with Crippen LogP contribution in [0.3, 0.4) is 0 Å². The minimum Gasteiger partial charge on any atom is -0.347 e. The van der Waals surface area contributed by atoms with E-state index in [9.17, 15) is 8.42 Å². The molecule has 0 amide bonds. The van der Waals surface area contributed by atoms with Crippen molar-refractivity contribution < 1.29 is 8.42 Å². The lowest BCUT2D eigenvalue weighted by Gasteiger charge is -2.07. The van der Waals surface area contributed by atoms with E-state index >= 15 is 0 Å². The first-order valence-corrected chi connectivity index (χ1v) is 8.63. The van der Waals surface area contributed by atoms with E-state index in [0.717, 1.165) is 28.6 Å². The number of aryl methyl sites for hydroxylation is 1. The third kappa shape index (κ3) is 2.74. The minimum atomic E-state index is -3.10. The number of fused-ring (bicyclic) bond motifs is 1. The fourth-order valence-corrected chi connectivity index (χ4v) is 3.30. The third-order valence-corrected chi connectivity index (χ3v) is 5.83. The molecule has 2 aromatic rings. The van der Waals surface area contributed by atoms with Gasteiger partial charge in [-0.3, -0.25) is 0 Å². The summed E-state index contributed by atoms with van der Waals surface area (Å²) in [6, 6.07) is 6.02. The summed E-state index contributed by atoms with van der Waals surface area (Å²) in [5.74, 6) is 0.0855. The molecule has 4 nitrogen and oxygen atoms in total. The van der Waals surface area contributed by atoms with E-state index in [-0.39, 0.29) is 11.0 Å². The molecule has 0 unspecified atom stereocenters. The van der Waals surface area contributed by atoms with Gasteiger partial charge in [-0.1, -0.05) is 6.07 Å². The maximum absolute atomic E-state index is 12.2. The van der Waals surface area contributed by atoms with Crippen LogP contribution in [-0.4, -0.2) is 18.2 Å². The number of nitrogens with two attached hydrogens (primary N) is 1. The average molecular weight is 294 g/mol. The summed E-state index contributed by atoms with van der Waals surface area (Å²) in [7, 11) is -3.10. The highest BCUT2D eigenvalue weighted by Gasteiger charge is 2.20. The molecule has 0 saturated carbocycles. The van der Waals surface area contributed by atoms with Crippen molar-refractivity contribution in [2.24, 2.45) is 5.73 Å². The second-order valence-corrected chi connectivity index (χ2v) is 7.91. The first kappa shape index (κ1) is 15.1. The van der Waals surface area contributed by atoms with Crippen LogP contribution in [0.1, 0.15) is 31.9 Å². The van der Waals surface area contributed by atoms with Crippen molar-refractivity contribution in [1.82, 2.24) is 4.57 Å². The molecule has 0 aliphatic carbocycles. The lowest BCUT2D eigenvalue weighted by Crippen LogP contribution is -2.15. The standard InChI is InChI=1S/C15H22N2O2S/c1-4-17-9-13(10-20(18,19)11(2)3)14-7-12(8-16)5-6-15(14)17/h5-7,9,11H,4,8,10,16H2,1-3H3. The van der Waals surface area contributed by atoms with Crippen molar-refractivity contribution >= 4 is 20.7 Å². The molecule has 0 radical (unpaired) electrons. The molecule has 1 heterocycles. The van der Waals surface area contributed by atoms with Crippen molar-refractivity contribution in [3.8, 4) is 0 Å². The van der Waals surface area contributed by atoms with E-state index in [4.69, 9.17) is 5.73 Å². The van der Waals surface area contributed by atoms with Gasteiger partial charge in [-0.25, -0.2) is 8.42 Å². The largest absolute Gasteiger partial charge is 0.347 e. The lowest BCUT2D eigenvalue weighted by atomic mass is 10.1. The predicted octanol–water partition coefficient (Wildman–Crippen LogP) is 2.44. The Morgan fingerprint density at radius 2 is 2.00 bits per heavy atom. The summed E-state index contributed by atoms with van der Waals surface area (Å²) >= 11 is 0. The highest BCUT2D eigenvalue weighted by atomic mass is 32.2. The highest BCUT2D eigenvalue weighted by molar-refractivity contribution is 7.91. The Kier molecular flexibility index (Phi) is 4.20. The van der Waals surface area contributed by atoms with Gasteiger partial charge >= 0.3 is 0 Å². The second kappa shape index (κ2) is 5.58. The van der Waals surface area contributed by atoms with Gasteiger partial charge in [0.2, 0.25) is 0 Å². The monoisotopic (exact) mass is 294 g/mol. The Bertz CT molecular complexity index is 715. The smallest absolute Gasteiger partial charge is 0.156 e. The molecule has 5 heteroatoms. The molecule has 0 saturated heterocycles. The molecule has 0 fully saturated rings. The zero-order valence-corrected chi connectivity index (χ0v) is 13.1. The maximum Gasteiger partial charge on any atom is 0.156 e. The molecule has 1 aromatic heterocycles. The SMILES string of the molecule is CCn1cc(CS(=O)(=O)C(C)C)c2cc(CN)ccc21. The average Bonchev–Trinajstić information content (AvgIpc) is 2.75. The summed E-state index contributed by atoms with van der Waals surface area (Å²) in [6.07, 6.45) is 1.95. The van der Waals surface area contributed by atoms with Crippen LogP contribution in [0.15, 0.2) is 24.4 Å². The van der Waals surface area contributed by atoms with Gasteiger partial charge in [-0.15, -0.1) is 0 Å². The van der Waals surface area contributed by atoms with Gasteiger partial charge in [0.1, 0.15) is 0 Å². The van der Waals surface area contributed by atoms with E-state index in [1.807, 2.05) is 24.4 Å². The summed E-state index contributed by atoms with van der Waals surface area (Å²) in [6.45, 7) is 6.78. The van der Waals surface area contributed by atoms with Gasteiger partial charge in [-0.2, -0.15) is 0 Å². The van der Waals surface area contributed by atoms with Crippen molar-refractivity contribution in [3.05, 3.63) is 35.5 Å². The first-order chi connectivity index (χ1) is 9.39. The van der Waals surface area contributed by atoms with Gasteiger partial charge in [0.25, 0.3) is 0 Å². The lowest BCUT2D eigenvalue weighted by molar-refractivity contribution is 0.586. The van der Waals surface area contributed by atoms with Crippen molar-refractivity contribution in [2.45, 2.75) is 44.9 Å². The molecule has 0 aliphatic heterocycles. The van der Waals surface area contributed by atoms with E-state index < -0.39 is 9.84 Å². The number of sulfone groups is 1. The molecule has 110 valence electrons. The maximum atomic E-state index is 12.2. The zero-order chi connectivity index (χ0) is 14.9. The van der Waals surface area contributed by atoms with Crippen LogP contribution in [0.25, 0.3) is 10.9 Å². The third-order valence-electron chi connectivity index (χ3n) is 3.68. The zero-order valence-electron chi connectivity index (χ0n) is 12.3. The van der Waals surface area contributed by atoms with E-state index in [1.54, 1.807) is 13.8 Å². The summed E-state index contributed by atoms with van der Waals surface area (Å²) < 4.78 is 26.4. The van der Waals surface area contributed by atoms with Crippen molar-refractivity contribution in [2.75, 3.05) is 0 Å². The molecule has 2 rings (SSSR count). The highest BCUT2D eigenvalue weighted by Crippen LogP contribution is 2.25. The minimum absolute atomic E-state index is 0.0855. The second-order valence-electron chi connectivity index (χ2n) is 5.35. The van der Waals surface area contributed by atoms with Crippen LogP contribution in [0, 0.1) is 0 Å². The molecule has 0 spiro atoms. The van der Waals surface area contributed by atoms with Crippen molar-refractivity contribution in [1.29, 1.82) is 0 Å². The number of aromatic nitrogens is 1. The number of rotatable bonds is 5. The normalized spacial score (nSPS) is 12.4. The van der Waals surface area contributed by atoms with Crippen LogP contribution >= 0.6 is 0 Å². The molecule has 1 aromatic carbocycles. The summed E-state index contributed by atoms with van der Waals surface area (Å²) in [5, 5.41) is 0.638. The van der Waals surface area contributed by atoms with Crippen LogP contribution in [-0.2, 0) is 28.7 Å². The van der Waals surface area contributed by atoms with Crippen LogP contribution < -0.4 is 5.73 Å². The summed E-state index contributed by atoms with van der Waals surface area (Å²) in [5.41, 5.74) is 8.64. The van der Waals surface area contributed by atoms with Gasteiger partial charge in [0.15, 0.2) is 9.84 Å². The molecular weight excluding hydrogens is 272 g/mol. The molecule has 2 N–H and O–H groups in total. The molecule has 20 heavy (non-hydrogen) atoms. The van der Waals surface area contributed by atoms with Gasteiger partial charge in [0, 0.05) is 30.2 Å². The Labute approximate surface area is 120 Å². The topological polar surface area (TPSA) is 65.1 Å². The molecule has 0 bridgehead atoms. The number of hydrogen-bond acceptors (Lipinski definition) is 3. The van der Waals surface area contributed by atoms with E-state index in [1.165, 1.54) is 0 Å². The summed E-state index contributed by atoms with van der Waals surface area (Å²) in [4.78, 5) is 0. The van der Waals surface area contributed by atoms with Gasteiger partial charge in [-0.05, 0) is 44.0 Å². The van der Waals surface area contributed by atoms with Gasteiger partial charge in [0.05, 0.1) is 11.0 Å². The van der Waals surface area contributed by atoms with Gasteiger partial charge < -0.3 is 10.3 Å². The predicted molar refractivity (Wildman–Crippen MR) is 83.3 cm³/mol. The van der Waals surface area contributed by atoms with E-state index in [0.29, 0.717) is 6.54 Å². The number of benzene rings is 1. The Morgan fingerprint density at radius 1 is 1.30 bits per heavy atom. The van der Waals surface area contributed by atoms with Crippen molar-refractivity contribution in [3.63, 3.8) is 0 Å². The van der Waals surface area contributed by atoms with E-state index in [2.05, 4.69) is 11.5 Å². The Hall–Kier alpha value is -1.33.